The number of carbonyl (C=O) groups excluding carboxylic acids is 1. The van der Waals surface area contributed by atoms with E-state index in [9.17, 15) is 9.59 Å². The summed E-state index contributed by atoms with van der Waals surface area (Å²) in [4.78, 5) is 46.3. The van der Waals surface area contributed by atoms with Crippen molar-refractivity contribution in [2.45, 2.75) is 38.8 Å². The number of nitrogens with one attached hydrogen (secondary N) is 1. The number of hydrogen-bond acceptors (Lipinski definition) is 10. The lowest BCUT2D eigenvalue weighted by atomic mass is 10.2. The summed E-state index contributed by atoms with van der Waals surface area (Å²) < 4.78 is 0. The molecule has 0 spiro atoms. The molecule has 196 valence electrons. The molecule has 5 rings (SSSR count). The molecular formula is C25H31N7O3S2. The summed E-state index contributed by atoms with van der Waals surface area (Å²) in [5.74, 6) is -0.393. The second-order valence-electron chi connectivity index (χ2n) is 9.42. The Bertz CT molecular complexity index is 1210. The zero-order chi connectivity index (χ0) is 25.8. The van der Waals surface area contributed by atoms with Crippen molar-refractivity contribution in [3.63, 3.8) is 0 Å². The number of anilines is 2. The largest absolute Gasteiger partial charge is 0.481 e. The van der Waals surface area contributed by atoms with Crippen LogP contribution in [-0.4, -0.2) is 87.0 Å². The minimum Gasteiger partial charge on any atom is -0.481 e. The molecule has 37 heavy (non-hydrogen) atoms. The van der Waals surface area contributed by atoms with Crippen LogP contribution in [-0.2, 0) is 11.3 Å². The number of likely N-dealkylation sites (tertiary alicyclic amines) is 1. The van der Waals surface area contributed by atoms with Crippen LogP contribution in [0.15, 0.2) is 29.9 Å². The summed E-state index contributed by atoms with van der Waals surface area (Å²) in [5.41, 5.74) is 1.18. The number of piperazine rings is 1. The second kappa shape index (κ2) is 11.6. The fourth-order valence-corrected chi connectivity index (χ4v) is 6.55. The molecular weight excluding hydrogens is 510 g/mol. The van der Waals surface area contributed by atoms with Crippen molar-refractivity contribution >= 4 is 45.5 Å². The van der Waals surface area contributed by atoms with Gasteiger partial charge in [-0.15, -0.1) is 11.3 Å². The number of nitrogens with zero attached hydrogens (tertiary/aromatic N) is 6. The van der Waals surface area contributed by atoms with Crippen molar-refractivity contribution in [3.05, 3.63) is 40.5 Å². The predicted molar refractivity (Wildman–Crippen MR) is 145 cm³/mol. The van der Waals surface area contributed by atoms with Gasteiger partial charge in [-0.1, -0.05) is 17.4 Å². The molecule has 0 bridgehead atoms. The third kappa shape index (κ3) is 6.32. The first-order chi connectivity index (χ1) is 18.0. The molecule has 0 aliphatic carbocycles. The smallest absolute Gasteiger partial charge is 0.304 e. The van der Waals surface area contributed by atoms with Crippen LogP contribution in [0.3, 0.4) is 0 Å². The third-order valence-corrected chi connectivity index (χ3v) is 8.75. The zero-order valence-corrected chi connectivity index (χ0v) is 22.4. The first-order valence-electron chi connectivity index (χ1n) is 12.6. The average molecular weight is 542 g/mol. The number of carboxylic acid groups (broad SMARTS) is 1. The number of thiazole rings is 1. The Kier molecular flexibility index (Phi) is 8.08. The Labute approximate surface area is 224 Å². The van der Waals surface area contributed by atoms with Crippen molar-refractivity contribution < 1.29 is 14.7 Å². The molecule has 5 heterocycles. The van der Waals surface area contributed by atoms with E-state index < -0.39 is 5.97 Å². The Morgan fingerprint density at radius 1 is 1.16 bits per heavy atom. The van der Waals surface area contributed by atoms with Gasteiger partial charge in [0, 0.05) is 50.2 Å². The summed E-state index contributed by atoms with van der Waals surface area (Å²) in [6, 6.07) is 4.64. The summed E-state index contributed by atoms with van der Waals surface area (Å²) in [7, 11) is 0. The van der Waals surface area contributed by atoms with E-state index in [-0.39, 0.29) is 18.0 Å². The van der Waals surface area contributed by atoms with Gasteiger partial charge in [0.05, 0.1) is 29.4 Å². The normalized spacial score (nSPS) is 18.8. The zero-order valence-electron chi connectivity index (χ0n) is 20.8. The van der Waals surface area contributed by atoms with Gasteiger partial charge in [-0.05, 0) is 37.8 Å². The van der Waals surface area contributed by atoms with E-state index in [1.165, 1.54) is 30.4 Å². The first kappa shape index (κ1) is 25.7. The van der Waals surface area contributed by atoms with Gasteiger partial charge in [-0.2, -0.15) is 0 Å². The van der Waals surface area contributed by atoms with Gasteiger partial charge in [0.1, 0.15) is 11.5 Å². The van der Waals surface area contributed by atoms with Crippen molar-refractivity contribution in [3.8, 4) is 10.6 Å². The van der Waals surface area contributed by atoms with Gasteiger partial charge in [0.15, 0.2) is 5.13 Å². The summed E-state index contributed by atoms with van der Waals surface area (Å²) in [5, 5.41) is 14.4. The number of amides is 1. The second-order valence-corrected chi connectivity index (χ2v) is 11.4. The van der Waals surface area contributed by atoms with E-state index >= 15 is 0 Å². The van der Waals surface area contributed by atoms with Crippen LogP contribution in [0, 0.1) is 0 Å². The van der Waals surface area contributed by atoms with Gasteiger partial charge < -0.3 is 10.0 Å². The molecule has 12 heteroatoms. The van der Waals surface area contributed by atoms with Crippen LogP contribution in [0.1, 0.15) is 41.6 Å². The summed E-state index contributed by atoms with van der Waals surface area (Å²) in [6.45, 7) is 7.76. The number of hydrogen-bond donors (Lipinski definition) is 2. The highest BCUT2D eigenvalue weighted by Gasteiger charge is 2.25. The van der Waals surface area contributed by atoms with E-state index in [1.807, 2.05) is 11.4 Å². The highest BCUT2D eigenvalue weighted by Crippen LogP contribution is 2.36. The fourth-order valence-electron chi connectivity index (χ4n) is 4.75. The molecule has 2 N–H and O–H groups in total. The number of rotatable bonds is 9. The molecule has 2 aliphatic rings. The summed E-state index contributed by atoms with van der Waals surface area (Å²) in [6.07, 6.45) is 5.71. The maximum Gasteiger partial charge on any atom is 0.304 e. The molecule has 2 fully saturated rings. The number of aliphatic carboxylic acids is 1. The van der Waals surface area contributed by atoms with Gasteiger partial charge in [0.25, 0.3) is 5.91 Å². The Balaban J connectivity index is 1.22. The van der Waals surface area contributed by atoms with E-state index in [0.717, 1.165) is 54.7 Å². The Morgan fingerprint density at radius 2 is 2.00 bits per heavy atom. The van der Waals surface area contributed by atoms with Gasteiger partial charge in [0.2, 0.25) is 0 Å². The molecule has 3 aromatic heterocycles. The maximum absolute atomic E-state index is 13.0. The maximum atomic E-state index is 13.0. The highest BCUT2D eigenvalue weighted by molar-refractivity contribution is 7.17. The minimum atomic E-state index is -0.778. The van der Waals surface area contributed by atoms with Crippen LogP contribution in [0.25, 0.3) is 10.6 Å². The predicted octanol–water partition coefficient (Wildman–Crippen LogP) is 3.49. The molecule has 10 nitrogen and oxygen atoms in total. The number of aromatic nitrogens is 3. The van der Waals surface area contributed by atoms with Gasteiger partial charge in [-0.3, -0.25) is 24.7 Å². The lowest BCUT2D eigenvalue weighted by Crippen LogP contribution is -2.47. The lowest BCUT2D eigenvalue weighted by molar-refractivity contribution is -0.137. The molecule has 1 atom stereocenters. The van der Waals surface area contributed by atoms with E-state index in [2.05, 4.69) is 43.0 Å². The van der Waals surface area contributed by atoms with E-state index in [1.54, 1.807) is 17.5 Å². The van der Waals surface area contributed by atoms with Gasteiger partial charge >= 0.3 is 5.97 Å². The van der Waals surface area contributed by atoms with Crippen molar-refractivity contribution in [1.82, 2.24) is 24.8 Å². The topological polar surface area (TPSA) is 115 Å². The molecule has 1 amide bonds. The molecule has 0 saturated carbocycles. The third-order valence-electron chi connectivity index (χ3n) is 6.92. The molecule has 2 aliphatic heterocycles. The van der Waals surface area contributed by atoms with Crippen LogP contribution in [0.5, 0.6) is 0 Å². The standard InChI is InChI=1S/C25H31N7O3S2/c1-17-4-2-7-32(17)16-20-23(19-5-3-13-36-19)28-25(37-20)29-24(35)18-14-27-21(15-26-18)31-11-9-30(10-12-31)8-6-22(33)34/h3,5,13-15,17H,2,4,6-12,16H2,1H3,(H,33,34)(H,28,29,35)/t17-/m1/s1. The fraction of sp³-hybridized carbons (Fsp3) is 0.480. The van der Waals surface area contributed by atoms with Gasteiger partial charge in [-0.25, -0.2) is 15.0 Å². The molecule has 0 radical (unpaired) electrons. The van der Waals surface area contributed by atoms with Crippen LogP contribution in [0.2, 0.25) is 0 Å². The average Bonchev–Trinajstić information content (AvgIpc) is 3.66. The molecule has 0 aromatic carbocycles. The minimum absolute atomic E-state index is 0.149. The van der Waals surface area contributed by atoms with Crippen LogP contribution >= 0.6 is 22.7 Å². The number of carboxylic acids is 1. The van der Waals surface area contributed by atoms with Crippen LogP contribution in [0.4, 0.5) is 10.9 Å². The first-order valence-corrected chi connectivity index (χ1v) is 14.3. The molecule has 0 unspecified atom stereocenters. The summed E-state index contributed by atoms with van der Waals surface area (Å²) >= 11 is 3.18. The monoisotopic (exact) mass is 541 g/mol. The Morgan fingerprint density at radius 3 is 2.65 bits per heavy atom. The Hall–Kier alpha value is -2.93. The van der Waals surface area contributed by atoms with Crippen LogP contribution < -0.4 is 10.2 Å². The van der Waals surface area contributed by atoms with Crippen molar-refractivity contribution in [2.24, 2.45) is 0 Å². The quantitative estimate of drug-likeness (QED) is 0.420. The SMILES string of the molecule is C[C@@H]1CCCN1Cc1sc(NC(=O)c2cnc(N3CCN(CCC(=O)O)CC3)cn2)nc1-c1cccs1. The number of carbonyl (C=O) groups is 2. The van der Waals surface area contributed by atoms with E-state index in [0.29, 0.717) is 23.5 Å². The van der Waals surface area contributed by atoms with E-state index in [4.69, 9.17) is 10.1 Å². The van der Waals surface area contributed by atoms with Crippen molar-refractivity contribution in [1.29, 1.82) is 0 Å². The molecule has 2 saturated heterocycles. The number of thiophene rings is 1. The highest BCUT2D eigenvalue weighted by atomic mass is 32.1. The van der Waals surface area contributed by atoms with Crippen molar-refractivity contribution in [2.75, 3.05) is 49.5 Å². The molecule has 3 aromatic rings. The lowest BCUT2D eigenvalue weighted by Gasteiger charge is -2.34.